The van der Waals surface area contributed by atoms with E-state index in [4.69, 9.17) is 4.74 Å². The second-order valence-electron chi connectivity index (χ2n) is 3.49. The highest BCUT2D eigenvalue weighted by Crippen LogP contribution is 2.21. The molecule has 2 unspecified atom stereocenters. The first-order valence-electron chi connectivity index (χ1n) is 4.34. The largest absolute Gasteiger partial charge is 0.387 e. The Labute approximate surface area is 83.2 Å². The van der Waals surface area contributed by atoms with Crippen LogP contribution in [0.15, 0.2) is 17.5 Å². The summed E-state index contributed by atoms with van der Waals surface area (Å²) in [5, 5.41) is 12.1. The van der Waals surface area contributed by atoms with Crippen LogP contribution in [-0.4, -0.2) is 23.9 Å². The van der Waals surface area contributed by atoms with E-state index in [1.807, 2.05) is 24.4 Å². The zero-order valence-electron chi connectivity index (χ0n) is 8.28. The molecule has 74 valence electrons. The van der Waals surface area contributed by atoms with Crippen molar-refractivity contribution >= 4 is 11.3 Å². The number of thiophene rings is 1. The van der Waals surface area contributed by atoms with E-state index in [0.717, 1.165) is 0 Å². The highest BCUT2D eigenvalue weighted by molar-refractivity contribution is 7.09. The lowest BCUT2D eigenvalue weighted by molar-refractivity contribution is -0.0711. The van der Waals surface area contributed by atoms with Crippen molar-refractivity contribution in [3.05, 3.63) is 22.4 Å². The lowest BCUT2D eigenvalue weighted by atomic mass is 9.95. The maximum absolute atomic E-state index is 10.0. The average Bonchev–Trinajstić information content (AvgIpc) is 2.54. The van der Waals surface area contributed by atoms with Crippen molar-refractivity contribution in [3.8, 4) is 0 Å². The molecule has 0 aliphatic carbocycles. The van der Waals surface area contributed by atoms with Crippen molar-refractivity contribution in [3.63, 3.8) is 0 Å². The summed E-state index contributed by atoms with van der Waals surface area (Å²) >= 11 is 1.66. The fourth-order valence-electron chi connectivity index (χ4n) is 1.16. The summed E-state index contributed by atoms with van der Waals surface area (Å²) in [6.45, 7) is 3.69. The molecule has 2 nitrogen and oxygen atoms in total. The summed E-state index contributed by atoms with van der Waals surface area (Å²) in [6, 6.07) is 4.02. The number of methoxy groups -OCH3 is 1. The Bertz CT molecular complexity index is 241. The van der Waals surface area contributed by atoms with Crippen molar-refractivity contribution in [1.29, 1.82) is 0 Å². The number of ether oxygens (including phenoxy) is 1. The molecule has 0 spiro atoms. The van der Waals surface area contributed by atoms with Crippen LogP contribution in [0, 0.1) is 0 Å². The molecule has 1 rings (SSSR count). The van der Waals surface area contributed by atoms with Crippen molar-refractivity contribution in [2.45, 2.75) is 32.0 Å². The van der Waals surface area contributed by atoms with Gasteiger partial charge in [0.05, 0.1) is 11.7 Å². The van der Waals surface area contributed by atoms with Gasteiger partial charge in [0.25, 0.3) is 0 Å². The van der Waals surface area contributed by atoms with Gasteiger partial charge >= 0.3 is 0 Å². The van der Waals surface area contributed by atoms with Crippen molar-refractivity contribution in [2.24, 2.45) is 0 Å². The Morgan fingerprint density at radius 2 is 2.38 bits per heavy atom. The first-order chi connectivity index (χ1) is 6.06. The molecule has 1 aromatic heterocycles. The second kappa shape index (κ2) is 4.22. The molecule has 1 N–H and O–H groups in total. The van der Waals surface area contributed by atoms with Gasteiger partial charge < -0.3 is 9.84 Å². The minimum absolute atomic E-state index is 0.144. The molecule has 0 aromatic carbocycles. The summed E-state index contributed by atoms with van der Waals surface area (Å²) in [5.74, 6) is 0. The van der Waals surface area contributed by atoms with Crippen LogP contribution in [-0.2, 0) is 11.2 Å². The van der Waals surface area contributed by atoms with Gasteiger partial charge in [-0.05, 0) is 25.3 Å². The molecule has 0 aliphatic rings. The van der Waals surface area contributed by atoms with Crippen LogP contribution in [0.2, 0.25) is 0 Å². The van der Waals surface area contributed by atoms with E-state index in [0.29, 0.717) is 6.42 Å². The molecule has 3 heteroatoms. The van der Waals surface area contributed by atoms with Gasteiger partial charge in [-0.1, -0.05) is 6.07 Å². The fraction of sp³-hybridized carbons (Fsp3) is 0.600. The van der Waals surface area contributed by atoms with Crippen LogP contribution in [0.3, 0.4) is 0 Å². The van der Waals surface area contributed by atoms with Crippen LogP contribution >= 0.6 is 11.3 Å². The fourth-order valence-corrected chi connectivity index (χ4v) is 2.03. The summed E-state index contributed by atoms with van der Waals surface area (Å²) in [4.78, 5) is 1.19. The summed E-state index contributed by atoms with van der Waals surface area (Å²) in [6.07, 6.45) is 0.509. The molecule has 1 heterocycles. The van der Waals surface area contributed by atoms with Crippen LogP contribution in [0.5, 0.6) is 0 Å². The van der Waals surface area contributed by atoms with Gasteiger partial charge in [-0.3, -0.25) is 0 Å². The molecule has 2 atom stereocenters. The van der Waals surface area contributed by atoms with E-state index < -0.39 is 5.60 Å². The zero-order chi connectivity index (χ0) is 9.90. The normalized spacial score (nSPS) is 18.2. The van der Waals surface area contributed by atoms with E-state index in [2.05, 4.69) is 0 Å². The van der Waals surface area contributed by atoms with E-state index >= 15 is 0 Å². The molecule has 0 bridgehead atoms. The van der Waals surface area contributed by atoms with Gasteiger partial charge in [0.2, 0.25) is 0 Å². The molecule has 0 saturated heterocycles. The Morgan fingerprint density at radius 1 is 1.69 bits per heavy atom. The maximum atomic E-state index is 10.0. The van der Waals surface area contributed by atoms with Crippen LogP contribution in [0.1, 0.15) is 18.7 Å². The average molecular weight is 200 g/mol. The minimum atomic E-state index is -0.778. The first kappa shape index (κ1) is 10.7. The zero-order valence-corrected chi connectivity index (χ0v) is 9.10. The third kappa shape index (κ3) is 2.79. The predicted molar refractivity (Wildman–Crippen MR) is 55.1 cm³/mol. The summed E-state index contributed by atoms with van der Waals surface area (Å²) < 4.78 is 5.12. The van der Waals surface area contributed by atoms with Gasteiger partial charge in [0.1, 0.15) is 0 Å². The van der Waals surface area contributed by atoms with E-state index in [-0.39, 0.29) is 6.10 Å². The van der Waals surface area contributed by atoms with Crippen LogP contribution in [0.4, 0.5) is 0 Å². The molecule has 0 radical (unpaired) electrons. The summed E-state index contributed by atoms with van der Waals surface area (Å²) in [5.41, 5.74) is -0.778. The van der Waals surface area contributed by atoms with Crippen LogP contribution in [0.25, 0.3) is 0 Å². The quantitative estimate of drug-likeness (QED) is 0.806. The lowest BCUT2D eigenvalue weighted by Crippen LogP contribution is -2.40. The SMILES string of the molecule is COC(C)C(C)(O)Cc1cccs1. The lowest BCUT2D eigenvalue weighted by Gasteiger charge is -2.28. The highest BCUT2D eigenvalue weighted by atomic mass is 32.1. The molecule has 0 amide bonds. The van der Waals surface area contributed by atoms with Crippen molar-refractivity contribution in [2.75, 3.05) is 7.11 Å². The number of hydrogen-bond acceptors (Lipinski definition) is 3. The van der Waals surface area contributed by atoms with Gasteiger partial charge in [-0.15, -0.1) is 11.3 Å². The Hall–Kier alpha value is -0.380. The van der Waals surface area contributed by atoms with Crippen molar-refractivity contribution < 1.29 is 9.84 Å². The second-order valence-corrected chi connectivity index (χ2v) is 4.52. The number of aliphatic hydroxyl groups is 1. The van der Waals surface area contributed by atoms with Gasteiger partial charge in [0.15, 0.2) is 0 Å². The maximum Gasteiger partial charge on any atom is 0.0925 e. The molecule has 13 heavy (non-hydrogen) atoms. The van der Waals surface area contributed by atoms with E-state index in [1.165, 1.54) is 4.88 Å². The first-order valence-corrected chi connectivity index (χ1v) is 5.22. The third-order valence-electron chi connectivity index (χ3n) is 2.34. The smallest absolute Gasteiger partial charge is 0.0925 e. The molecule has 0 aliphatic heterocycles. The van der Waals surface area contributed by atoms with E-state index in [9.17, 15) is 5.11 Å². The molecule has 0 fully saturated rings. The van der Waals surface area contributed by atoms with Gasteiger partial charge in [-0.2, -0.15) is 0 Å². The molecule has 1 aromatic rings. The van der Waals surface area contributed by atoms with E-state index in [1.54, 1.807) is 25.4 Å². The summed E-state index contributed by atoms with van der Waals surface area (Å²) in [7, 11) is 1.62. The minimum Gasteiger partial charge on any atom is -0.387 e. The molecular formula is C10H16O2S. The topological polar surface area (TPSA) is 29.5 Å². The Kier molecular flexibility index (Phi) is 3.47. The monoisotopic (exact) mass is 200 g/mol. The van der Waals surface area contributed by atoms with Gasteiger partial charge in [-0.25, -0.2) is 0 Å². The van der Waals surface area contributed by atoms with Crippen molar-refractivity contribution in [1.82, 2.24) is 0 Å². The molecular weight excluding hydrogens is 184 g/mol. The highest BCUT2D eigenvalue weighted by Gasteiger charge is 2.28. The van der Waals surface area contributed by atoms with Gasteiger partial charge in [0, 0.05) is 18.4 Å². The predicted octanol–water partition coefficient (Wildman–Crippen LogP) is 2.08. The number of rotatable bonds is 4. The number of hydrogen-bond donors (Lipinski definition) is 1. The Balaban J connectivity index is 2.61. The van der Waals surface area contributed by atoms with Crippen LogP contribution < -0.4 is 0 Å². The third-order valence-corrected chi connectivity index (χ3v) is 3.22. The Morgan fingerprint density at radius 3 is 2.85 bits per heavy atom. The standard InChI is InChI=1S/C10H16O2S/c1-8(12-3)10(2,11)7-9-5-4-6-13-9/h4-6,8,11H,7H2,1-3H3. The molecule has 0 saturated carbocycles.